The molecule has 18 heavy (non-hydrogen) atoms. The summed E-state index contributed by atoms with van der Waals surface area (Å²) in [5, 5.41) is 3.08. The normalized spacial score (nSPS) is 28.4. The lowest BCUT2D eigenvalue weighted by Gasteiger charge is -2.51. The van der Waals surface area contributed by atoms with Gasteiger partial charge in [-0.15, -0.1) is 0 Å². The van der Waals surface area contributed by atoms with Crippen molar-refractivity contribution < 1.29 is 9.53 Å². The lowest BCUT2D eigenvalue weighted by Crippen LogP contribution is -2.62. The number of carbonyl (C=O) groups excluding carboxylic acids is 1. The molecule has 1 amide bonds. The molecule has 3 unspecified atom stereocenters. The third-order valence-corrected chi connectivity index (χ3v) is 4.32. The lowest BCUT2D eigenvalue weighted by atomic mass is 9.64. The van der Waals surface area contributed by atoms with E-state index in [0.29, 0.717) is 6.42 Å². The summed E-state index contributed by atoms with van der Waals surface area (Å²) < 4.78 is 5.37. The van der Waals surface area contributed by atoms with Crippen molar-refractivity contribution in [2.45, 2.75) is 65.6 Å². The van der Waals surface area contributed by atoms with Crippen molar-refractivity contribution >= 4 is 5.91 Å². The number of nitrogens with one attached hydrogen (secondary N) is 1. The standard InChI is InChI=1S/C14H28N2O2/c1-13(2,3)9(15)7-12(17)16-10-8-11(18-6)14(10,4)5/h9-11H,7-8,15H2,1-6H3,(H,16,17). The molecular formula is C14H28N2O2. The van der Waals surface area contributed by atoms with Gasteiger partial charge in [0, 0.05) is 31.0 Å². The van der Waals surface area contributed by atoms with Gasteiger partial charge in [0.1, 0.15) is 0 Å². The zero-order chi connectivity index (χ0) is 14.1. The molecule has 4 nitrogen and oxygen atoms in total. The smallest absolute Gasteiger partial charge is 0.221 e. The molecule has 0 aromatic heterocycles. The van der Waals surface area contributed by atoms with E-state index in [1.807, 2.05) is 0 Å². The van der Waals surface area contributed by atoms with Crippen LogP contribution in [0.5, 0.6) is 0 Å². The number of carbonyl (C=O) groups is 1. The Morgan fingerprint density at radius 3 is 2.44 bits per heavy atom. The number of hydrogen-bond acceptors (Lipinski definition) is 3. The molecule has 0 radical (unpaired) electrons. The molecule has 0 aliphatic heterocycles. The van der Waals surface area contributed by atoms with Gasteiger partial charge in [-0.3, -0.25) is 4.79 Å². The summed E-state index contributed by atoms with van der Waals surface area (Å²) in [5.41, 5.74) is 5.99. The molecule has 1 rings (SSSR count). The molecule has 106 valence electrons. The molecule has 0 aromatic rings. The molecule has 1 aliphatic rings. The molecule has 3 N–H and O–H groups in total. The summed E-state index contributed by atoms with van der Waals surface area (Å²) in [7, 11) is 1.72. The third kappa shape index (κ3) is 3.23. The Hall–Kier alpha value is -0.610. The van der Waals surface area contributed by atoms with E-state index in [1.165, 1.54) is 0 Å². The van der Waals surface area contributed by atoms with Crippen LogP contribution in [0, 0.1) is 10.8 Å². The monoisotopic (exact) mass is 256 g/mol. The fourth-order valence-electron chi connectivity index (χ4n) is 2.29. The Labute approximate surface area is 111 Å². The van der Waals surface area contributed by atoms with Gasteiger partial charge < -0.3 is 15.8 Å². The van der Waals surface area contributed by atoms with Crippen LogP contribution in [0.2, 0.25) is 0 Å². The molecule has 0 spiro atoms. The summed E-state index contributed by atoms with van der Waals surface area (Å²) in [5.74, 6) is 0.0463. The van der Waals surface area contributed by atoms with E-state index in [-0.39, 0.29) is 34.9 Å². The minimum atomic E-state index is -0.112. The fourth-order valence-corrected chi connectivity index (χ4v) is 2.29. The zero-order valence-corrected chi connectivity index (χ0v) is 12.5. The maximum Gasteiger partial charge on any atom is 0.221 e. The van der Waals surface area contributed by atoms with Gasteiger partial charge in [0.2, 0.25) is 5.91 Å². The number of hydrogen-bond donors (Lipinski definition) is 2. The van der Waals surface area contributed by atoms with Gasteiger partial charge in [0.15, 0.2) is 0 Å². The molecule has 0 aromatic carbocycles. The maximum absolute atomic E-state index is 12.0. The van der Waals surface area contributed by atoms with E-state index in [4.69, 9.17) is 10.5 Å². The second kappa shape index (κ2) is 5.17. The van der Waals surface area contributed by atoms with Crippen molar-refractivity contribution in [2.24, 2.45) is 16.6 Å². The predicted molar refractivity (Wildman–Crippen MR) is 73.2 cm³/mol. The number of methoxy groups -OCH3 is 1. The first-order valence-corrected chi connectivity index (χ1v) is 6.66. The average molecular weight is 256 g/mol. The third-order valence-electron chi connectivity index (χ3n) is 4.32. The molecule has 0 bridgehead atoms. The van der Waals surface area contributed by atoms with Crippen molar-refractivity contribution in [3.8, 4) is 0 Å². The molecule has 0 heterocycles. The maximum atomic E-state index is 12.0. The summed E-state index contributed by atoms with van der Waals surface area (Å²) in [6, 6.07) is 0.0843. The first-order chi connectivity index (χ1) is 8.09. The number of rotatable bonds is 4. The van der Waals surface area contributed by atoms with E-state index in [2.05, 4.69) is 39.9 Å². The number of nitrogens with two attached hydrogens (primary N) is 1. The molecule has 0 saturated heterocycles. The number of ether oxygens (including phenoxy) is 1. The van der Waals surface area contributed by atoms with Gasteiger partial charge in [0.25, 0.3) is 0 Å². The minimum Gasteiger partial charge on any atom is -0.381 e. The molecule has 1 saturated carbocycles. The van der Waals surface area contributed by atoms with Crippen LogP contribution in [0.4, 0.5) is 0 Å². The van der Waals surface area contributed by atoms with Gasteiger partial charge in [-0.25, -0.2) is 0 Å². The number of amides is 1. The van der Waals surface area contributed by atoms with Gasteiger partial charge in [-0.1, -0.05) is 34.6 Å². The first-order valence-electron chi connectivity index (χ1n) is 6.66. The van der Waals surface area contributed by atoms with Crippen LogP contribution in [-0.2, 0) is 9.53 Å². The zero-order valence-electron chi connectivity index (χ0n) is 12.5. The minimum absolute atomic E-state index is 0.0102. The highest BCUT2D eigenvalue weighted by Crippen LogP contribution is 2.42. The van der Waals surface area contributed by atoms with Gasteiger partial charge in [-0.2, -0.15) is 0 Å². The lowest BCUT2D eigenvalue weighted by molar-refractivity contribution is -0.133. The van der Waals surface area contributed by atoms with Crippen molar-refractivity contribution in [2.75, 3.05) is 7.11 Å². The highest BCUT2D eigenvalue weighted by atomic mass is 16.5. The van der Waals surface area contributed by atoms with Crippen molar-refractivity contribution in [1.29, 1.82) is 0 Å². The quantitative estimate of drug-likeness (QED) is 0.804. The van der Waals surface area contributed by atoms with E-state index in [0.717, 1.165) is 6.42 Å². The summed E-state index contributed by atoms with van der Waals surface area (Å²) in [6.45, 7) is 10.4. The largest absolute Gasteiger partial charge is 0.381 e. The summed E-state index contributed by atoms with van der Waals surface area (Å²) in [4.78, 5) is 12.0. The molecule has 1 aliphatic carbocycles. The van der Waals surface area contributed by atoms with Crippen molar-refractivity contribution in [1.82, 2.24) is 5.32 Å². The Balaban J connectivity index is 2.44. The summed E-state index contributed by atoms with van der Waals surface area (Å²) in [6.07, 6.45) is 1.51. The van der Waals surface area contributed by atoms with Crippen LogP contribution < -0.4 is 11.1 Å². The highest BCUT2D eigenvalue weighted by molar-refractivity contribution is 5.77. The Morgan fingerprint density at radius 1 is 1.50 bits per heavy atom. The molecule has 3 atom stereocenters. The van der Waals surface area contributed by atoms with Gasteiger partial charge in [-0.05, 0) is 11.8 Å². The van der Waals surface area contributed by atoms with Crippen LogP contribution in [0.15, 0.2) is 0 Å². The predicted octanol–water partition coefficient (Wildman–Crippen LogP) is 1.68. The van der Waals surface area contributed by atoms with Crippen molar-refractivity contribution in [3.63, 3.8) is 0 Å². The van der Waals surface area contributed by atoms with Crippen LogP contribution in [0.1, 0.15) is 47.5 Å². The van der Waals surface area contributed by atoms with Crippen molar-refractivity contribution in [3.05, 3.63) is 0 Å². The van der Waals surface area contributed by atoms with E-state index in [9.17, 15) is 4.79 Å². The van der Waals surface area contributed by atoms with Crippen LogP contribution >= 0.6 is 0 Å². The second-order valence-electron chi connectivity index (χ2n) is 7.08. The molecule has 1 fully saturated rings. The van der Waals surface area contributed by atoms with Crippen LogP contribution in [0.3, 0.4) is 0 Å². The first kappa shape index (κ1) is 15.4. The van der Waals surface area contributed by atoms with Gasteiger partial charge in [0.05, 0.1) is 6.10 Å². The second-order valence-corrected chi connectivity index (χ2v) is 7.08. The van der Waals surface area contributed by atoms with Gasteiger partial charge >= 0.3 is 0 Å². The Kier molecular flexibility index (Phi) is 4.44. The highest BCUT2D eigenvalue weighted by Gasteiger charge is 2.49. The van der Waals surface area contributed by atoms with E-state index in [1.54, 1.807) is 7.11 Å². The van der Waals surface area contributed by atoms with Crippen LogP contribution in [0.25, 0.3) is 0 Å². The van der Waals surface area contributed by atoms with Crippen LogP contribution in [-0.4, -0.2) is 31.2 Å². The summed E-state index contributed by atoms with van der Waals surface area (Å²) >= 11 is 0. The Bertz CT molecular complexity index is 307. The topological polar surface area (TPSA) is 64.3 Å². The molecule has 4 heteroatoms. The Morgan fingerprint density at radius 2 is 2.06 bits per heavy atom. The fraction of sp³-hybridized carbons (Fsp3) is 0.929. The SMILES string of the molecule is COC1CC(NC(=O)CC(N)C(C)(C)C)C1(C)C. The average Bonchev–Trinajstić information content (AvgIpc) is 2.22. The molecular weight excluding hydrogens is 228 g/mol. The van der Waals surface area contributed by atoms with E-state index >= 15 is 0 Å². The van der Waals surface area contributed by atoms with E-state index < -0.39 is 0 Å².